The van der Waals surface area contributed by atoms with E-state index in [1.807, 2.05) is 42.5 Å². The highest BCUT2D eigenvalue weighted by Gasteiger charge is 2.07. The van der Waals surface area contributed by atoms with E-state index in [0.29, 0.717) is 22.6 Å². The fourth-order valence-electron chi connectivity index (χ4n) is 2.33. The summed E-state index contributed by atoms with van der Waals surface area (Å²) < 4.78 is 13.6. The lowest BCUT2D eigenvalue weighted by atomic mass is 10.1. The molecule has 0 spiro atoms. The lowest BCUT2D eigenvalue weighted by molar-refractivity contribution is 0.618. The van der Waals surface area contributed by atoms with E-state index >= 15 is 0 Å². The predicted molar refractivity (Wildman–Crippen MR) is 92.0 cm³/mol. The van der Waals surface area contributed by atoms with E-state index in [1.54, 1.807) is 19.2 Å². The van der Waals surface area contributed by atoms with Gasteiger partial charge in [-0.25, -0.2) is 9.37 Å². The van der Waals surface area contributed by atoms with Crippen LogP contribution in [0.15, 0.2) is 60.8 Å². The molecule has 114 valence electrons. The van der Waals surface area contributed by atoms with Crippen molar-refractivity contribution in [1.82, 2.24) is 4.98 Å². The van der Waals surface area contributed by atoms with Crippen molar-refractivity contribution in [3.8, 4) is 11.1 Å². The minimum absolute atomic E-state index is 0.318. The molecule has 0 radical (unpaired) electrons. The fraction of sp³-hybridized carbons (Fsp3) is 0.0526. The van der Waals surface area contributed by atoms with E-state index in [4.69, 9.17) is 5.41 Å². The molecule has 0 saturated carbocycles. The first kappa shape index (κ1) is 14.9. The highest BCUT2D eigenvalue weighted by atomic mass is 19.1. The van der Waals surface area contributed by atoms with Crippen LogP contribution in [0.25, 0.3) is 11.1 Å². The second-order valence-corrected chi connectivity index (χ2v) is 5.26. The molecule has 4 heteroatoms. The molecule has 2 aromatic carbocycles. The van der Waals surface area contributed by atoms with Gasteiger partial charge >= 0.3 is 0 Å². The van der Waals surface area contributed by atoms with Gasteiger partial charge in [0.2, 0.25) is 0 Å². The van der Waals surface area contributed by atoms with Crippen molar-refractivity contribution in [2.75, 3.05) is 5.32 Å². The normalized spacial score (nSPS) is 10.3. The molecular formula is C19H16FN3. The molecule has 0 fully saturated rings. The van der Waals surface area contributed by atoms with Gasteiger partial charge in [0.05, 0.1) is 0 Å². The van der Waals surface area contributed by atoms with Crippen molar-refractivity contribution in [3.63, 3.8) is 0 Å². The Bertz CT molecular complexity index is 827. The van der Waals surface area contributed by atoms with Crippen LogP contribution in [-0.2, 0) is 0 Å². The third-order valence-electron chi connectivity index (χ3n) is 3.62. The first-order valence-electron chi connectivity index (χ1n) is 7.26. The molecule has 0 bridgehead atoms. The van der Waals surface area contributed by atoms with Gasteiger partial charge in [0.1, 0.15) is 11.6 Å². The molecule has 23 heavy (non-hydrogen) atoms. The molecule has 0 atom stereocenters. The predicted octanol–water partition coefficient (Wildman–Crippen LogP) is 4.94. The Morgan fingerprint density at radius 1 is 1.04 bits per heavy atom. The number of benzene rings is 2. The van der Waals surface area contributed by atoms with Gasteiger partial charge in [-0.3, -0.25) is 0 Å². The van der Waals surface area contributed by atoms with E-state index in [1.165, 1.54) is 6.07 Å². The van der Waals surface area contributed by atoms with Crippen LogP contribution in [0.2, 0.25) is 0 Å². The van der Waals surface area contributed by atoms with Gasteiger partial charge in [-0.15, -0.1) is 0 Å². The van der Waals surface area contributed by atoms with Crippen LogP contribution in [0, 0.1) is 18.2 Å². The summed E-state index contributed by atoms with van der Waals surface area (Å²) in [5.74, 6) is 0.334. The van der Waals surface area contributed by atoms with Gasteiger partial charge in [0.25, 0.3) is 0 Å². The number of anilines is 2. The number of nitrogens with zero attached hydrogens (tertiary/aromatic N) is 1. The summed E-state index contributed by atoms with van der Waals surface area (Å²) in [4.78, 5) is 4.40. The molecule has 0 saturated heterocycles. The summed E-state index contributed by atoms with van der Waals surface area (Å²) in [7, 11) is 0. The SMILES string of the molecule is Cc1cc(Nc2ccc(-c3ccccc3)cn2)c(C=N)cc1F. The molecule has 0 unspecified atom stereocenters. The van der Waals surface area contributed by atoms with Crippen LogP contribution in [0.3, 0.4) is 0 Å². The van der Waals surface area contributed by atoms with Gasteiger partial charge in [-0.05, 0) is 42.3 Å². The van der Waals surface area contributed by atoms with Crippen LogP contribution >= 0.6 is 0 Å². The van der Waals surface area contributed by atoms with Crippen LogP contribution in [0.1, 0.15) is 11.1 Å². The lowest BCUT2D eigenvalue weighted by Crippen LogP contribution is -1.99. The number of hydrogen-bond donors (Lipinski definition) is 2. The monoisotopic (exact) mass is 305 g/mol. The number of aryl methyl sites for hydroxylation is 1. The van der Waals surface area contributed by atoms with Crippen LogP contribution < -0.4 is 5.32 Å². The average molecular weight is 305 g/mol. The Kier molecular flexibility index (Phi) is 4.15. The zero-order chi connectivity index (χ0) is 16.2. The maximum Gasteiger partial charge on any atom is 0.130 e. The highest BCUT2D eigenvalue weighted by Crippen LogP contribution is 2.24. The molecule has 2 N–H and O–H groups in total. The molecule has 3 rings (SSSR count). The summed E-state index contributed by atoms with van der Waals surface area (Å²) in [6.07, 6.45) is 2.92. The second-order valence-electron chi connectivity index (χ2n) is 5.26. The van der Waals surface area contributed by atoms with Crippen molar-refractivity contribution >= 4 is 17.7 Å². The molecule has 0 aliphatic rings. The zero-order valence-corrected chi connectivity index (χ0v) is 12.7. The minimum Gasteiger partial charge on any atom is -0.340 e. The summed E-state index contributed by atoms with van der Waals surface area (Å²) >= 11 is 0. The van der Waals surface area contributed by atoms with Crippen molar-refractivity contribution in [2.45, 2.75) is 6.92 Å². The Labute approximate surface area is 134 Å². The Hall–Kier alpha value is -3.01. The molecule has 1 aromatic heterocycles. The van der Waals surface area contributed by atoms with Crippen LogP contribution in [-0.4, -0.2) is 11.2 Å². The van der Waals surface area contributed by atoms with Gasteiger partial charge in [-0.1, -0.05) is 30.3 Å². The van der Waals surface area contributed by atoms with Crippen molar-refractivity contribution < 1.29 is 4.39 Å². The third kappa shape index (κ3) is 3.26. The first-order chi connectivity index (χ1) is 11.2. The molecule has 0 amide bonds. The number of rotatable bonds is 4. The van der Waals surface area contributed by atoms with E-state index in [9.17, 15) is 4.39 Å². The number of hydrogen-bond acceptors (Lipinski definition) is 3. The first-order valence-corrected chi connectivity index (χ1v) is 7.26. The highest BCUT2D eigenvalue weighted by molar-refractivity contribution is 5.87. The number of halogens is 1. The Morgan fingerprint density at radius 2 is 1.83 bits per heavy atom. The van der Waals surface area contributed by atoms with Gasteiger partial charge < -0.3 is 10.7 Å². The molecular weight excluding hydrogens is 289 g/mol. The number of aromatic nitrogens is 1. The van der Waals surface area contributed by atoms with E-state index in [2.05, 4.69) is 10.3 Å². The molecule has 3 aromatic rings. The number of pyridine rings is 1. The standard InChI is InChI=1S/C19H16FN3/c1-13-9-18(16(11-21)10-17(13)20)23-19-8-7-15(12-22-19)14-5-3-2-4-6-14/h2-12,21H,1H3,(H,22,23). The molecule has 0 aliphatic carbocycles. The lowest BCUT2D eigenvalue weighted by Gasteiger charge is -2.11. The number of nitrogens with one attached hydrogen (secondary N) is 2. The van der Waals surface area contributed by atoms with Gasteiger partial charge in [0, 0.05) is 29.2 Å². The van der Waals surface area contributed by atoms with E-state index < -0.39 is 0 Å². The van der Waals surface area contributed by atoms with Gasteiger partial charge in [0.15, 0.2) is 0 Å². The maximum atomic E-state index is 13.6. The summed E-state index contributed by atoms with van der Waals surface area (Å²) in [6.45, 7) is 1.69. The Morgan fingerprint density at radius 3 is 2.48 bits per heavy atom. The molecule has 0 aliphatic heterocycles. The van der Waals surface area contributed by atoms with Crippen LogP contribution in [0.5, 0.6) is 0 Å². The van der Waals surface area contributed by atoms with E-state index in [-0.39, 0.29) is 5.82 Å². The smallest absolute Gasteiger partial charge is 0.130 e. The summed E-state index contributed by atoms with van der Waals surface area (Å²) in [6, 6.07) is 16.9. The molecule has 1 heterocycles. The van der Waals surface area contributed by atoms with Crippen molar-refractivity contribution in [2.24, 2.45) is 0 Å². The zero-order valence-electron chi connectivity index (χ0n) is 12.7. The molecule has 3 nitrogen and oxygen atoms in total. The summed E-state index contributed by atoms with van der Waals surface area (Å²) in [5, 5.41) is 10.6. The van der Waals surface area contributed by atoms with Gasteiger partial charge in [-0.2, -0.15) is 0 Å². The fourth-order valence-corrected chi connectivity index (χ4v) is 2.33. The Balaban J connectivity index is 1.87. The largest absolute Gasteiger partial charge is 0.340 e. The summed E-state index contributed by atoms with van der Waals surface area (Å²) in [5.41, 5.74) is 3.81. The van der Waals surface area contributed by atoms with Crippen molar-refractivity contribution in [3.05, 3.63) is 77.7 Å². The van der Waals surface area contributed by atoms with Crippen LogP contribution in [0.4, 0.5) is 15.9 Å². The minimum atomic E-state index is -0.318. The van der Waals surface area contributed by atoms with Crippen molar-refractivity contribution in [1.29, 1.82) is 5.41 Å². The second kappa shape index (κ2) is 6.40. The maximum absolute atomic E-state index is 13.6. The van der Waals surface area contributed by atoms with E-state index in [0.717, 1.165) is 17.3 Å². The topological polar surface area (TPSA) is 48.8 Å². The third-order valence-corrected chi connectivity index (χ3v) is 3.62. The quantitative estimate of drug-likeness (QED) is 0.671. The average Bonchev–Trinajstić information content (AvgIpc) is 2.59.